The van der Waals surface area contributed by atoms with Crippen molar-refractivity contribution in [3.8, 4) is 0 Å². The van der Waals surface area contributed by atoms with Crippen molar-refractivity contribution in [3.05, 3.63) is 55.7 Å². The van der Waals surface area contributed by atoms with Gasteiger partial charge >= 0.3 is 5.76 Å². The Morgan fingerprint density at radius 2 is 2.27 bits per heavy atom. The Morgan fingerprint density at radius 1 is 1.41 bits per heavy atom. The van der Waals surface area contributed by atoms with E-state index in [0.717, 1.165) is 18.5 Å². The lowest BCUT2D eigenvalue weighted by Crippen LogP contribution is -2.36. The number of hydrogen-bond donors (Lipinski definition) is 0. The molecule has 0 aliphatic carbocycles. The Balaban J connectivity index is 1.70. The van der Waals surface area contributed by atoms with E-state index >= 15 is 0 Å². The van der Waals surface area contributed by atoms with Gasteiger partial charge in [-0.3, -0.25) is 9.47 Å². The number of thiophene rings is 1. The van der Waals surface area contributed by atoms with Crippen molar-refractivity contribution < 1.29 is 4.42 Å². The summed E-state index contributed by atoms with van der Waals surface area (Å²) in [5, 5.41) is 2.72. The van der Waals surface area contributed by atoms with E-state index in [1.807, 2.05) is 17.4 Å². The third-order valence-corrected chi connectivity index (χ3v) is 5.59. The van der Waals surface area contributed by atoms with Crippen LogP contribution in [0.2, 0.25) is 5.02 Å². The minimum atomic E-state index is -0.333. The van der Waals surface area contributed by atoms with Crippen LogP contribution in [0.5, 0.6) is 0 Å². The highest BCUT2D eigenvalue weighted by Crippen LogP contribution is 2.33. The Kier molecular flexibility index (Phi) is 3.36. The highest BCUT2D eigenvalue weighted by molar-refractivity contribution is 7.10. The molecule has 0 fully saturated rings. The Bertz CT molecular complexity index is 895. The lowest BCUT2D eigenvalue weighted by molar-refractivity contribution is 0.151. The molecule has 0 amide bonds. The number of fused-ring (bicyclic) bond motifs is 2. The molecule has 0 radical (unpaired) electrons. The van der Waals surface area contributed by atoms with Gasteiger partial charge in [0.1, 0.15) is 0 Å². The van der Waals surface area contributed by atoms with Gasteiger partial charge in [0.25, 0.3) is 0 Å². The number of oxazole rings is 1. The van der Waals surface area contributed by atoms with E-state index in [1.165, 1.54) is 10.4 Å². The van der Waals surface area contributed by atoms with Crippen LogP contribution in [-0.2, 0) is 13.1 Å². The first kappa shape index (κ1) is 14.1. The van der Waals surface area contributed by atoms with Crippen LogP contribution >= 0.6 is 22.9 Å². The predicted molar refractivity (Wildman–Crippen MR) is 88.6 cm³/mol. The first-order chi connectivity index (χ1) is 10.6. The Labute approximate surface area is 136 Å². The van der Waals surface area contributed by atoms with E-state index in [-0.39, 0.29) is 5.76 Å². The number of rotatable bonds is 2. The third kappa shape index (κ3) is 2.20. The smallest absolute Gasteiger partial charge is 0.408 e. The normalized spacial score (nSPS) is 18.7. The molecule has 6 heteroatoms. The molecule has 4 rings (SSSR count). The van der Waals surface area contributed by atoms with Gasteiger partial charge in [0.2, 0.25) is 0 Å². The summed E-state index contributed by atoms with van der Waals surface area (Å²) < 4.78 is 6.99. The number of halogens is 1. The van der Waals surface area contributed by atoms with Crippen LogP contribution in [0.15, 0.2) is 38.9 Å². The average molecular weight is 335 g/mol. The number of benzene rings is 1. The van der Waals surface area contributed by atoms with Gasteiger partial charge < -0.3 is 4.42 Å². The van der Waals surface area contributed by atoms with Crippen molar-refractivity contribution >= 4 is 34.0 Å². The van der Waals surface area contributed by atoms with Crippen LogP contribution in [0.25, 0.3) is 11.1 Å². The van der Waals surface area contributed by atoms with E-state index in [1.54, 1.807) is 16.7 Å². The second-order valence-electron chi connectivity index (χ2n) is 5.59. The lowest BCUT2D eigenvalue weighted by atomic mass is 10.0. The minimum absolute atomic E-state index is 0.305. The Hall–Kier alpha value is -1.56. The van der Waals surface area contributed by atoms with Crippen LogP contribution in [0.3, 0.4) is 0 Å². The van der Waals surface area contributed by atoms with Crippen LogP contribution in [0.1, 0.15) is 23.4 Å². The van der Waals surface area contributed by atoms with Gasteiger partial charge in [-0.25, -0.2) is 4.79 Å². The molecule has 4 nitrogen and oxygen atoms in total. The molecule has 1 atom stereocenters. The molecule has 1 aromatic carbocycles. The maximum Gasteiger partial charge on any atom is 0.421 e. The summed E-state index contributed by atoms with van der Waals surface area (Å²) in [7, 11) is 0. The maximum atomic E-state index is 12.2. The monoisotopic (exact) mass is 334 g/mol. The largest absolute Gasteiger partial charge is 0.421 e. The van der Waals surface area contributed by atoms with Crippen molar-refractivity contribution in [2.24, 2.45) is 0 Å². The van der Waals surface area contributed by atoms with Crippen molar-refractivity contribution in [2.45, 2.75) is 26.1 Å². The third-order valence-electron chi connectivity index (χ3n) is 4.36. The summed E-state index contributed by atoms with van der Waals surface area (Å²) in [6, 6.07) is 7.80. The van der Waals surface area contributed by atoms with Crippen molar-refractivity contribution in [2.75, 3.05) is 6.54 Å². The highest BCUT2D eigenvalue weighted by Gasteiger charge is 2.25. The fraction of sp³-hybridized carbons (Fsp3) is 0.312. The molecule has 2 aromatic heterocycles. The molecule has 114 valence electrons. The quantitative estimate of drug-likeness (QED) is 0.713. The first-order valence-corrected chi connectivity index (χ1v) is 8.48. The van der Waals surface area contributed by atoms with Crippen LogP contribution in [-0.4, -0.2) is 16.0 Å². The van der Waals surface area contributed by atoms with Crippen molar-refractivity contribution in [3.63, 3.8) is 0 Å². The van der Waals surface area contributed by atoms with Gasteiger partial charge in [0, 0.05) is 28.6 Å². The molecule has 0 N–H and O–H groups in total. The molecular formula is C16H15ClN2O2S. The fourth-order valence-corrected chi connectivity index (χ4v) is 4.24. The standard InChI is InChI=1S/C16H15ClN2O2S/c1-10-12-5-7-22-15(12)4-6-18(10)9-19-13-3-2-11(17)8-14(13)21-16(19)20/h2-3,5,7-8,10H,4,6,9H2,1H3/t10-/m1/s1. The number of hydrogen-bond acceptors (Lipinski definition) is 4. The van der Waals surface area contributed by atoms with Gasteiger partial charge in [-0.1, -0.05) is 11.6 Å². The fourth-order valence-electron chi connectivity index (χ4n) is 3.11. The summed E-state index contributed by atoms with van der Waals surface area (Å²) in [5.41, 5.74) is 2.70. The molecule has 0 saturated heterocycles. The van der Waals surface area contributed by atoms with Crippen LogP contribution < -0.4 is 5.76 Å². The zero-order chi connectivity index (χ0) is 15.3. The highest BCUT2D eigenvalue weighted by atomic mass is 35.5. The minimum Gasteiger partial charge on any atom is -0.408 e. The molecule has 0 bridgehead atoms. The van der Waals surface area contributed by atoms with E-state index < -0.39 is 0 Å². The summed E-state index contributed by atoms with van der Waals surface area (Å²) in [5.74, 6) is -0.333. The second-order valence-corrected chi connectivity index (χ2v) is 7.02. The second kappa shape index (κ2) is 5.26. The molecule has 3 aromatic rings. The van der Waals surface area contributed by atoms with Gasteiger partial charge in [0.15, 0.2) is 5.58 Å². The molecule has 0 saturated carbocycles. The van der Waals surface area contributed by atoms with E-state index in [2.05, 4.69) is 23.3 Å². The lowest BCUT2D eigenvalue weighted by Gasteiger charge is -2.33. The van der Waals surface area contributed by atoms with Crippen molar-refractivity contribution in [1.29, 1.82) is 0 Å². The predicted octanol–water partition coefficient (Wildman–Crippen LogP) is 3.89. The zero-order valence-electron chi connectivity index (χ0n) is 12.1. The zero-order valence-corrected chi connectivity index (χ0v) is 13.7. The molecule has 0 unspecified atom stereocenters. The molecule has 3 heterocycles. The average Bonchev–Trinajstić information content (AvgIpc) is 3.07. The summed E-state index contributed by atoms with van der Waals surface area (Å²) in [4.78, 5) is 15.9. The summed E-state index contributed by atoms with van der Waals surface area (Å²) in [6.45, 7) is 3.67. The van der Waals surface area contributed by atoms with E-state index in [0.29, 0.717) is 23.3 Å². The van der Waals surface area contributed by atoms with E-state index in [9.17, 15) is 4.79 Å². The van der Waals surface area contributed by atoms with Gasteiger partial charge in [-0.05, 0) is 42.5 Å². The van der Waals surface area contributed by atoms with Gasteiger partial charge in [-0.15, -0.1) is 11.3 Å². The van der Waals surface area contributed by atoms with Crippen molar-refractivity contribution in [1.82, 2.24) is 9.47 Å². The van der Waals surface area contributed by atoms with Gasteiger partial charge in [0.05, 0.1) is 12.2 Å². The summed E-state index contributed by atoms with van der Waals surface area (Å²) in [6.07, 6.45) is 1.04. The van der Waals surface area contributed by atoms with E-state index in [4.69, 9.17) is 16.0 Å². The Morgan fingerprint density at radius 3 is 3.14 bits per heavy atom. The van der Waals surface area contributed by atoms with Crippen LogP contribution in [0.4, 0.5) is 0 Å². The molecule has 22 heavy (non-hydrogen) atoms. The maximum absolute atomic E-state index is 12.2. The SMILES string of the molecule is C[C@@H]1c2ccsc2CCN1Cn1c(=O)oc2cc(Cl)ccc21. The number of nitrogens with zero attached hydrogens (tertiary/aromatic N) is 2. The molecular weight excluding hydrogens is 320 g/mol. The van der Waals surface area contributed by atoms with Crippen LogP contribution in [0, 0.1) is 0 Å². The first-order valence-electron chi connectivity index (χ1n) is 7.22. The summed E-state index contributed by atoms with van der Waals surface area (Å²) >= 11 is 7.78. The topological polar surface area (TPSA) is 38.4 Å². The van der Waals surface area contributed by atoms with Gasteiger partial charge in [-0.2, -0.15) is 0 Å². The molecule has 1 aliphatic rings. The number of aromatic nitrogens is 1. The molecule has 1 aliphatic heterocycles. The molecule has 0 spiro atoms.